The molecule has 1 N–H and O–H groups in total. The molecular weight excluding hydrogens is 188 g/mol. The zero-order chi connectivity index (χ0) is 7.28. The fourth-order valence-corrected chi connectivity index (χ4v) is 0.681. The molecule has 0 saturated heterocycles. The Morgan fingerprint density at radius 3 is 2.56 bits per heavy atom. The average Bonchev–Trinajstić information content (AvgIpc) is 1.82. The number of aliphatic carboxylic acids is 1. The van der Waals surface area contributed by atoms with E-state index >= 15 is 0 Å². The van der Waals surface area contributed by atoms with E-state index in [-0.39, 0.29) is 0 Å². The van der Waals surface area contributed by atoms with E-state index in [9.17, 15) is 4.79 Å². The summed E-state index contributed by atoms with van der Waals surface area (Å²) in [7, 11) is 1.43. The monoisotopic (exact) mass is 194 g/mol. The number of alkyl halides is 1. The fourth-order valence-electron chi connectivity index (χ4n) is 0.290. The SMILES string of the molecule is COC(=CC(=O)O)CBr. The van der Waals surface area contributed by atoms with E-state index in [2.05, 4.69) is 20.7 Å². The smallest absolute Gasteiger partial charge is 0.331 e. The highest BCUT2D eigenvalue weighted by atomic mass is 79.9. The molecule has 0 aliphatic carbocycles. The second kappa shape index (κ2) is 4.38. The first-order chi connectivity index (χ1) is 4.20. The highest BCUT2D eigenvalue weighted by molar-refractivity contribution is 9.09. The van der Waals surface area contributed by atoms with E-state index in [1.807, 2.05) is 0 Å². The molecule has 0 saturated carbocycles. The van der Waals surface area contributed by atoms with E-state index in [0.717, 1.165) is 6.08 Å². The lowest BCUT2D eigenvalue weighted by atomic mass is 10.5. The first kappa shape index (κ1) is 8.49. The summed E-state index contributed by atoms with van der Waals surface area (Å²) in [5, 5.41) is 8.60. The molecule has 0 aromatic heterocycles. The molecule has 0 fully saturated rings. The van der Waals surface area contributed by atoms with Crippen LogP contribution in [0.25, 0.3) is 0 Å². The maximum Gasteiger partial charge on any atom is 0.331 e. The molecule has 0 aliphatic rings. The Morgan fingerprint density at radius 1 is 1.89 bits per heavy atom. The summed E-state index contributed by atoms with van der Waals surface area (Å²) in [6, 6.07) is 0. The number of ether oxygens (including phenoxy) is 1. The normalized spacial score (nSPS) is 11.1. The van der Waals surface area contributed by atoms with Crippen LogP contribution >= 0.6 is 15.9 Å². The number of hydrogen-bond acceptors (Lipinski definition) is 2. The third-order valence-corrected chi connectivity index (χ3v) is 1.23. The molecule has 0 aliphatic heterocycles. The Labute approximate surface area is 61.4 Å². The predicted octanol–water partition coefficient (Wildman–Crippen LogP) is 0.996. The van der Waals surface area contributed by atoms with Gasteiger partial charge in [-0.25, -0.2) is 4.79 Å². The van der Waals surface area contributed by atoms with Crippen LogP contribution in [0.15, 0.2) is 11.8 Å². The molecule has 0 radical (unpaired) electrons. The minimum Gasteiger partial charge on any atom is -0.500 e. The van der Waals surface area contributed by atoms with Crippen LogP contribution < -0.4 is 0 Å². The Bertz CT molecular complexity index is 124. The zero-order valence-corrected chi connectivity index (χ0v) is 6.51. The van der Waals surface area contributed by atoms with E-state index in [4.69, 9.17) is 5.11 Å². The Hall–Kier alpha value is -0.510. The molecule has 0 rings (SSSR count). The van der Waals surface area contributed by atoms with Crippen molar-refractivity contribution in [2.75, 3.05) is 12.4 Å². The van der Waals surface area contributed by atoms with E-state index in [1.54, 1.807) is 0 Å². The quantitative estimate of drug-likeness (QED) is 0.415. The van der Waals surface area contributed by atoms with Crippen molar-refractivity contribution in [3.8, 4) is 0 Å². The van der Waals surface area contributed by atoms with Crippen molar-refractivity contribution in [3.05, 3.63) is 11.8 Å². The third kappa shape index (κ3) is 4.02. The molecule has 9 heavy (non-hydrogen) atoms. The van der Waals surface area contributed by atoms with Crippen LogP contribution in [0.1, 0.15) is 0 Å². The second-order valence-electron chi connectivity index (χ2n) is 1.29. The molecule has 52 valence electrons. The fraction of sp³-hybridized carbons (Fsp3) is 0.400. The molecule has 0 atom stereocenters. The van der Waals surface area contributed by atoms with Crippen LogP contribution in [0.2, 0.25) is 0 Å². The molecule has 0 heterocycles. The summed E-state index contributed by atoms with van der Waals surface area (Å²) >= 11 is 3.05. The van der Waals surface area contributed by atoms with Gasteiger partial charge in [0.2, 0.25) is 0 Å². The van der Waals surface area contributed by atoms with Gasteiger partial charge in [-0.15, -0.1) is 0 Å². The predicted molar refractivity (Wildman–Crippen MR) is 36.5 cm³/mol. The van der Waals surface area contributed by atoms with Gasteiger partial charge in [-0.2, -0.15) is 0 Å². The zero-order valence-electron chi connectivity index (χ0n) is 4.93. The topological polar surface area (TPSA) is 46.5 Å². The van der Waals surface area contributed by atoms with Crippen molar-refractivity contribution in [1.82, 2.24) is 0 Å². The molecule has 0 unspecified atom stereocenters. The first-order valence-electron chi connectivity index (χ1n) is 2.24. The molecule has 3 nitrogen and oxygen atoms in total. The van der Waals surface area contributed by atoms with Gasteiger partial charge in [0.05, 0.1) is 18.5 Å². The number of rotatable bonds is 3. The Balaban J connectivity index is 3.91. The van der Waals surface area contributed by atoms with Crippen molar-refractivity contribution in [3.63, 3.8) is 0 Å². The lowest BCUT2D eigenvalue weighted by Gasteiger charge is -1.97. The van der Waals surface area contributed by atoms with Gasteiger partial charge in [0.15, 0.2) is 0 Å². The number of halogens is 1. The molecule has 0 aromatic carbocycles. The van der Waals surface area contributed by atoms with Crippen molar-refractivity contribution >= 4 is 21.9 Å². The minimum atomic E-state index is -0.994. The highest BCUT2D eigenvalue weighted by Gasteiger charge is 1.95. The van der Waals surface area contributed by atoms with Crippen LogP contribution in [0.4, 0.5) is 0 Å². The summed E-state index contributed by atoms with van der Waals surface area (Å²) in [6.45, 7) is 0. The van der Waals surface area contributed by atoms with Crippen LogP contribution in [0.3, 0.4) is 0 Å². The number of carboxylic acids is 1. The molecule has 4 heteroatoms. The van der Waals surface area contributed by atoms with Gasteiger partial charge in [0, 0.05) is 0 Å². The summed E-state index contributed by atoms with van der Waals surface area (Å²) in [6.07, 6.45) is 1.01. The van der Waals surface area contributed by atoms with Crippen molar-refractivity contribution in [2.45, 2.75) is 0 Å². The summed E-state index contributed by atoms with van der Waals surface area (Å²) in [5.41, 5.74) is 0. The van der Waals surface area contributed by atoms with Crippen LogP contribution in [0.5, 0.6) is 0 Å². The number of hydrogen-bond donors (Lipinski definition) is 1. The summed E-state index contributed by atoms with van der Waals surface area (Å²) in [5.74, 6) is -0.589. The van der Waals surface area contributed by atoms with Crippen LogP contribution in [0, 0.1) is 0 Å². The molecule has 0 amide bonds. The standard InChI is InChI=1S/C5H7BrO3/c1-9-4(3-6)2-5(7)8/h2H,3H2,1H3,(H,7,8). The van der Waals surface area contributed by atoms with Gasteiger partial charge < -0.3 is 9.84 Å². The van der Waals surface area contributed by atoms with Gasteiger partial charge in [0.25, 0.3) is 0 Å². The Kier molecular flexibility index (Phi) is 4.13. The van der Waals surface area contributed by atoms with Crippen molar-refractivity contribution in [2.24, 2.45) is 0 Å². The average molecular weight is 195 g/mol. The number of carbonyl (C=O) groups is 1. The van der Waals surface area contributed by atoms with Crippen molar-refractivity contribution < 1.29 is 14.6 Å². The summed E-state index contributed by atoms with van der Waals surface area (Å²) < 4.78 is 4.64. The van der Waals surface area contributed by atoms with Gasteiger partial charge in [-0.05, 0) is 0 Å². The maximum atomic E-state index is 9.95. The van der Waals surface area contributed by atoms with E-state index in [0.29, 0.717) is 11.1 Å². The van der Waals surface area contributed by atoms with E-state index in [1.165, 1.54) is 7.11 Å². The first-order valence-corrected chi connectivity index (χ1v) is 3.36. The molecular formula is C5H7BrO3. The number of carboxylic acid groups (broad SMARTS) is 1. The maximum absolute atomic E-state index is 9.95. The largest absolute Gasteiger partial charge is 0.500 e. The molecule has 0 spiro atoms. The van der Waals surface area contributed by atoms with E-state index < -0.39 is 5.97 Å². The van der Waals surface area contributed by atoms with Crippen LogP contribution in [-0.4, -0.2) is 23.5 Å². The van der Waals surface area contributed by atoms with Crippen molar-refractivity contribution in [1.29, 1.82) is 0 Å². The van der Waals surface area contributed by atoms with Gasteiger partial charge >= 0.3 is 5.97 Å². The lowest BCUT2D eigenvalue weighted by molar-refractivity contribution is -0.131. The summed E-state index contributed by atoms with van der Waals surface area (Å²) in [4.78, 5) is 9.95. The van der Waals surface area contributed by atoms with Gasteiger partial charge in [-0.3, -0.25) is 0 Å². The van der Waals surface area contributed by atoms with Gasteiger partial charge in [0.1, 0.15) is 5.76 Å². The molecule has 0 aromatic rings. The third-order valence-electron chi connectivity index (χ3n) is 0.678. The van der Waals surface area contributed by atoms with Crippen LogP contribution in [-0.2, 0) is 9.53 Å². The lowest BCUT2D eigenvalue weighted by Crippen LogP contribution is -1.94. The molecule has 0 bridgehead atoms. The second-order valence-corrected chi connectivity index (χ2v) is 1.85. The highest BCUT2D eigenvalue weighted by Crippen LogP contribution is 1.98. The number of allylic oxidation sites excluding steroid dienone is 1. The van der Waals surface area contributed by atoms with Gasteiger partial charge in [-0.1, -0.05) is 15.9 Å². The number of methoxy groups -OCH3 is 1. The minimum absolute atomic E-state index is 0.405. The Morgan fingerprint density at radius 2 is 2.44 bits per heavy atom.